The highest BCUT2D eigenvalue weighted by atomic mass is 19.4. The molecule has 0 spiro atoms. The van der Waals surface area contributed by atoms with E-state index in [9.17, 15) is 18.0 Å². The maximum Gasteiger partial charge on any atom is 0.416 e. The first-order valence-corrected chi connectivity index (χ1v) is 7.00. The number of halogens is 3. The van der Waals surface area contributed by atoms with Crippen LogP contribution in [0.25, 0.3) is 0 Å². The van der Waals surface area contributed by atoms with Gasteiger partial charge in [0.05, 0.1) is 5.56 Å². The molecule has 4 heteroatoms. The normalized spacial score (nSPS) is 27.4. The van der Waals surface area contributed by atoms with Crippen LogP contribution in [-0.2, 0) is 6.18 Å². The Morgan fingerprint density at radius 1 is 1.15 bits per heavy atom. The van der Waals surface area contributed by atoms with Crippen molar-refractivity contribution in [3.63, 3.8) is 0 Å². The van der Waals surface area contributed by atoms with Crippen LogP contribution in [0.2, 0.25) is 0 Å². The monoisotopic (exact) mass is 284 g/mol. The van der Waals surface area contributed by atoms with Crippen molar-refractivity contribution in [1.29, 1.82) is 0 Å². The molecular formula is C16H19F3O. The van der Waals surface area contributed by atoms with Crippen molar-refractivity contribution < 1.29 is 18.0 Å². The number of alkyl halides is 3. The number of hydrogen-bond donors (Lipinski definition) is 0. The van der Waals surface area contributed by atoms with Crippen LogP contribution in [0.15, 0.2) is 24.3 Å². The topological polar surface area (TPSA) is 17.1 Å². The third-order valence-corrected chi connectivity index (χ3v) is 4.44. The highest BCUT2D eigenvalue weighted by molar-refractivity contribution is 5.98. The van der Waals surface area contributed by atoms with E-state index in [0.29, 0.717) is 11.8 Å². The minimum Gasteiger partial charge on any atom is -0.294 e. The van der Waals surface area contributed by atoms with Crippen LogP contribution in [-0.4, -0.2) is 5.78 Å². The molecule has 0 amide bonds. The van der Waals surface area contributed by atoms with E-state index >= 15 is 0 Å². The number of carbonyl (C=O) groups is 1. The highest BCUT2D eigenvalue weighted by Crippen LogP contribution is 2.36. The summed E-state index contributed by atoms with van der Waals surface area (Å²) in [6.45, 7) is 4.27. The molecule has 3 unspecified atom stereocenters. The third-order valence-electron chi connectivity index (χ3n) is 4.44. The SMILES string of the molecule is CC1CCC(C(=O)c2cccc(C(F)(F)F)c2)CC1C. The molecule has 1 aromatic rings. The predicted molar refractivity (Wildman–Crippen MR) is 71.4 cm³/mol. The molecule has 110 valence electrons. The molecule has 0 radical (unpaired) electrons. The largest absolute Gasteiger partial charge is 0.416 e. The summed E-state index contributed by atoms with van der Waals surface area (Å²) >= 11 is 0. The molecule has 0 N–H and O–H groups in total. The molecule has 1 saturated carbocycles. The van der Waals surface area contributed by atoms with E-state index in [-0.39, 0.29) is 17.3 Å². The summed E-state index contributed by atoms with van der Waals surface area (Å²) in [5.74, 6) is 0.753. The minimum atomic E-state index is -4.40. The number of hydrogen-bond acceptors (Lipinski definition) is 1. The molecule has 0 heterocycles. The summed E-state index contributed by atoms with van der Waals surface area (Å²) in [5.41, 5.74) is -0.563. The fourth-order valence-electron chi connectivity index (χ4n) is 2.87. The zero-order chi connectivity index (χ0) is 14.9. The molecule has 2 rings (SSSR count). The quantitative estimate of drug-likeness (QED) is 0.701. The first-order chi connectivity index (χ1) is 9.29. The van der Waals surface area contributed by atoms with Crippen LogP contribution in [0.3, 0.4) is 0 Å². The molecule has 1 aromatic carbocycles. The summed E-state index contributed by atoms with van der Waals surface area (Å²) in [4.78, 5) is 12.4. The number of rotatable bonds is 2. The fraction of sp³-hybridized carbons (Fsp3) is 0.562. The van der Waals surface area contributed by atoms with E-state index < -0.39 is 11.7 Å². The standard InChI is InChI=1S/C16H19F3O/c1-10-6-7-13(8-11(10)2)15(20)12-4-3-5-14(9-12)16(17,18)19/h3-5,9-11,13H,6-8H2,1-2H3. The molecule has 0 saturated heterocycles. The molecule has 0 aromatic heterocycles. The Bertz CT molecular complexity index is 493. The van der Waals surface area contributed by atoms with Crippen molar-refractivity contribution in [3.8, 4) is 0 Å². The molecule has 3 atom stereocenters. The molecule has 1 fully saturated rings. The van der Waals surface area contributed by atoms with Crippen molar-refractivity contribution in [2.45, 2.75) is 39.3 Å². The molecule has 20 heavy (non-hydrogen) atoms. The smallest absolute Gasteiger partial charge is 0.294 e. The summed E-state index contributed by atoms with van der Waals surface area (Å²) < 4.78 is 38.0. The average Bonchev–Trinajstić information content (AvgIpc) is 2.40. The lowest BCUT2D eigenvalue weighted by Gasteiger charge is -2.31. The lowest BCUT2D eigenvalue weighted by Crippen LogP contribution is -2.26. The first kappa shape index (κ1) is 15.1. The van der Waals surface area contributed by atoms with Crippen LogP contribution >= 0.6 is 0 Å². The van der Waals surface area contributed by atoms with Gasteiger partial charge in [-0.2, -0.15) is 13.2 Å². The predicted octanol–water partition coefficient (Wildman–Crippen LogP) is 4.96. The Balaban J connectivity index is 2.17. The van der Waals surface area contributed by atoms with Gasteiger partial charge in [0.1, 0.15) is 0 Å². The molecule has 0 aliphatic heterocycles. The second kappa shape index (κ2) is 5.58. The average molecular weight is 284 g/mol. The zero-order valence-corrected chi connectivity index (χ0v) is 11.7. The van der Waals surface area contributed by atoms with Gasteiger partial charge in [-0.15, -0.1) is 0 Å². The van der Waals surface area contributed by atoms with Gasteiger partial charge in [0.15, 0.2) is 5.78 Å². The van der Waals surface area contributed by atoms with Crippen molar-refractivity contribution in [2.24, 2.45) is 17.8 Å². The molecule has 0 bridgehead atoms. The third kappa shape index (κ3) is 3.22. The number of benzene rings is 1. The Morgan fingerprint density at radius 2 is 1.85 bits per heavy atom. The van der Waals surface area contributed by atoms with Crippen molar-refractivity contribution >= 4 is 5.78 Å². The maximum atomic E-state index is 12.7. The summed E-state index contributed by atoms with van der Waals surface area (Å²) in [6.07, 6.45) is -1.88. The second-order valence-corrected chi connectivity index (χ2v) is 5.91. The summed E-state index contributed by atoms with van der Waals surface area (Å²) in [6, 6.07) is 4.78. The zero-order valence-electron chi connectivity index (χ0n) is 11.7. The van der Waals surface area contributed by atoms with Crippen molar-refractivity contribution in [1.82, 2.24) is 0 Å². The van der Waals surface area contributed by atoms with Gasteiger partial charge in [0.25, 0.3) is 0 Å². The van der Waals surface area contributed by atoms with Crippen LogP contribution < -0.4 is 0 Å². The molecule has 1 aliphatic rings. The van der Waals surface area contributed by atoms with Crippen LogP contribution in [0.4, 0.5) is 13.2 Å². The Hall–Kier alpha value is -1.32. The molecule has 1 aliphatic carbocycles. The van der Waals surface area contributed by atoms with Gasteiger partial charge in [0, 0.05) is 11.5 Å². The minimum absolute atomic E-state index is 0.135. The highest BCUT2D eigenvalue weighted by Gasteiger charge is 2.33. The Morgan fingerprint density at radius 3 is 2.45 bits per heavy atom. The van der Waals surface area contributed by atoms with Crippen LogP contribution in [0.1, 0.15) is 49.0 Å². The number of ketones is 1. The fourth-order valence-corrected chi connectivity index (χ4v) is 2.87. The van der Waals surface area contributed by atoms with E-state index in [1.54, 1.807) is 0 Å². The van der Waals surface area contributed by atoms with Gasteiger partial charge in [0.2, 0.25) is 0 Å². The van der Waals surface area contributed by atoms with Gasteiger partial charge in [-0.25, -0.2) is 0 Å². The van der Waals surface area contributed by atoms with Gasteiger partial charge in [-0.1, -0.05) is 26.0 Å². The lowest BCUT2D eigenvalue weighted by molar-refractivity contribution is -0.137. The number of Topliss-reactive ketones (excluding diaryl/α,β-unsaturated/α-hetero) is 1. The Labute approximate surface area is 117 Å². The van der Waals surface area contributed by atoms with Crippen molar-refractivity contribution in [3.05, 3.63) is 35.4 Å². The van der Waals surface area contributed by atoms with E-state index in [1.165, 1.54) is 12.1 Å². The first-order valence-electron chi connectivity index (χ1n) is 7.00. The molecular weight excluding hydrogens is 265 g/mol. The molecule has 1 nitrogen and oxygen atoms in total. The van der Waals surface area contributed by atoms with E-state index in [4.69, 9.17) is 0 Å². The number of carbonyl (C=O) groups excluding carboxylic acids is 1. The summed E-state index contributed by atoms with van der Waals surface area (Å²) in [7, 11) is 0. The summed E-state index contributed by atoms with van der Waals surface area (Å²) in [5, 5.41) is 0. The van der Waals surface area contributed by atoms with E-state index in [1.807, 2.05) is 0 Å². The van der Waals surface area contributed by atoms with Gasteiger partial charge in [-0.05, 0) is 43.2 Å². The Kier molecular flexibility index (Phi) is 4.21. The van der Waals surface area contributed by atoms with Gasteiger partial charge in [-0.3, -0.25) is 4.79 Å². The maximum absolute atomic E-state index is 12.7. The van der Waals surface area contributed by atoms with E-state index in [2.05, 4.69) is 13.8 Å². The lowest BCUT2D eigenvalue weighted by atomic mass is 9.73. The van der Waals surface area contributed by atoms with E-state index in [0.717, 1.165) is 31.4 Å². The van der Waals surface area contributed by atoms with Gasteiger partial charge >= 0.3 is 6.18 Å². The second-order valence-electron chi connectivity index (χ2n) is 5.91. The van der Waals surface area contributed by atoms with Gasteiger partial charge < -0.3 is 0 Å². The van der Waals surface area contributed by atoms with Crippen molar-refractivity contribution in [2.75, 3.05) is 0 Å². The van der Waals surface area contributed by atoms with Crippen LogP contribution in [0.5, 0.6) is 0 Å². The van der Waals surface area contributed by atoms with Crippen LogP contribution in [0, 0.1) is 17.8 Å².